The van der Waals surface area contributed by atoms with Crippen molar-refractivity contribution in [3.05, 3.63) is 69.8 Å². The number of rotatable bonds is 6. The molecule has 0 bridgehead atoms. The number of nitro benzene ring substituents is 1. The highest BCUT2D eigenvalue weighted by atomic mass is 19.4. The van der Waals surface area contributed by atoms with Crippen molar-refractivity contribution < 1.29 is 27.7 Å². The summed E-state index contributed by atoms with van der Waals surface area (Å²) in [6, 6.07) is 10.2. The van der Waals surface area contributed by atoms with Crippen molar-refractivity contribution in [1.82, 2.24) is 10.2 Å². The normalized spacial score (nSPS) is 15.2. The van der Waals surface area contributed by atoms with Crippen molar-refractivity contribution in [3.8, 4) is 0 Å². The van der Waals surface area contributed by atoms with Crippen molar-refractivity contribution in [2.45, 2.75) is 26.1 Å². The first kappa shape index (κ1) is 25.0. The third kappa shape index (κ3) is 5.64. The molecule has 1 atom stereocenters. The summed E-state index contributed by atoms with van der Waals surface area (Å²) in [4.78, 5) is 39.4. The number of carbonyl (C=O) groups is 2. The van der Waals surface area contributed by atoms with Crippen LogP contribution < -0.4 is 10.2 Å². The second kappa shape index (κ2) is 10.1. The van der Waals surface area contributed by atoms with Crippen LogP contribution >= 0.6 is 0 Å². The van der Waals surface area contributed by atoms with Crippen molar-refractivity contribution in [2.24, 2.45) is 5.92 Å². The Hall–Kier alpha value is -3.63. The van der Waals surface area contributed by atoms with E-state index in [2.05, 4.69) is 5.32 Å². The summed E-state index contributed by atoms with van der Waals surface area (Å²) in [6.45, 7) is 4.46. The molecule has 182 valence electrons. The number of hydrogen-bond donors (Lipinski definition) is 1. The molecule has 1 aliphatic heterocycles. The first-order valence-corrected chi connectivity index (χ1v) is 10.7. The summed E-state index contributed by atoms with van der Waals surface area (Å²) in [7, 11) is 0. The zero-order valence-corrected chi connectivity index (χ0v) is 18.7. The summed E-state index contributed by atoms with van der Waals surface area (Å²) in [6.07, 6.45) is -4.69. The quantitative estimate of drug-likeness (QED) is 0.504. The van der Waals surface area contributed by atoms with E-state index in [0.29, 0.717) is 11.6 Å². The van der Waals surface area contributed by atoms with E-state index < -0.39 is 28.4 Å². The van der Waals surface area contributed by atoms with Crippen LogP contribution in [0.2, 0.25) is 0 Å². The molecule has 0 aliphatic carbocycles. The molecule has 0 aromatic heterocycles. The topological polar surface area (TPSA) is 95.8 Å². The number of alkyl halides is 3. The zero-order valence-electron chi connectivity index (χ0n) is 18.7. The predicted octanol–water partition coefficient (Wildman–Crippen LogP) is 3.72. The maximum Gasteiger partial charge on any atom is 0.416 e. The van der Waals surface area contributed by atoms with Gasteiger partial charge in [0.05, 0.1) is 10.5 Å². The Morgan fingerprint density at radius 2 is 1.65 bits per heavy atom. The van der Waals surface area contributed by atoms with E-state index in [9.17, 15) is 32.9 Å². The minimum absolute atomic E-state index is 0.0721. The van der Waals surface area contributed by atoms with E-state index in [0.717, 1.165) is 12.1 Å². The number of nitrogens with one attached hydrogen (secondary N) is 1. The Bertz CT molecular complexity index is 1050. The molecule has 0 unspecified atom stereocenters. The van der Waals surface area contributed by atoms with Gasteiger partial charge in [0.15, 0.2) is 0 Å². The third-order valence-corrected chi connectivity index (χ3v) is 5.69. The lowest BCUT2D eigenvalue weighted by atomic mass is 10.0. The van der Waals surface area contributed by atoms with Crippen LogP contribution in [0, 0.1) is 16.0 Å². The van der Waals surface area contributed by atoms with Gasteiger partial charge in [0.2, 0.25) is 5.91 Å². The Labute approximate surface area is 194 Å². The van der Waals surface area contributed by atoms with Crippen LogP contribution in [0.15, 0.2) is 48.5 Å². The molecule has 0 radical (unpaired) electrons. The number of amides is 2. The highest BCUT2D eigenvalue weighted by Gasteiger charge is 2.35. The van der Waals surface area contributed by atoms with E-state index in [-0.39, 0.29) is 49.6 Å². The first-order chi connectivity index (χ1) is 16.0. The van der Waals surface area contributed by atoms with Crippen LogP contribution in [0.3, 0.4) is 0 Å². The Morgan fingerprint density at radius 1 is 1.03 bits per heavy atom. The summed E-state index contributed by atoms with van der Waals surface area (Å²) in [5.74, 6) is -0.832. The van der Waals surface area contributed by atoms with Gasteiger partial charge in [-0.1, -0.05) is 32.0 Å². The van der Waals surface area contributed by atoms with Crippen molar-refractivity contribution >= 4 is 23.2 Å². The smallest absolute Gasteiger partial charge is 0.362 e. The van der Waals surface area contributed by atoms with Gasteiger partial charge >= 0.3 is 6.18 Å². The molecule has 1 saturated heterocycles. The molecule has 8 nitrogen and oxygen atoms in total. The van der Waals surface area contributed by atoms with Gasteiger partial charge in [-0.3, -0.25) is 19.7 Å². The molecular weight excluding hydrogens is 453 g/mol. The fourth-order valence-electron chi connectivity index (χ4n) is 3.81. The summed E-state index contributed by atoms with van der Waals surface area (Å²) < 4.78 is 38.9. The van der Waals surface area contributed by atoms with Crippen LogP contribution in [0.1, 0.15) is 29.8 Å². The summed E-state index contributed by atoms with van der Waals surface area (Å²) in [5, 5.41) is 14.2. The monoisotopic (exact) mass is 478 g/mol. The molecule has 2 aromatic carbocycles. The second-order valence-electron chi connectivity index (χ2n) is 8.33. The number of hydrogen-bond acceptors (Lipinski definition) is 5. The van der Waals surface area contributed by atoms with Crippen LogP contribution in [-0.2, 0) is 11.0 Å². The average molecular weight is 478 g/mol. The number of piperazine rings is 1. The second-order valence-corrected chi connectivity index (χ2v) is 8.33. The van der Waals surface area contributed by atoms with Gasteiger partial charge in [0.1, 0.15) is 11.7 Å². The number of anilines is 1. The van der Waals surface area contributed by atoms with Gasteiger partial charge in [-0.2, -0.15) is 13.2 Å². The van der Waals surface area contributed by atoms with Crippen molar-refractivity contribution in [3.63, 3.8) is 0 Å². The Balaban J connectivity index is 1.70. The maximum absolute atomic E-state index is 13.1. The molecule has 34 heavy (non-hydrogen) atoms. The average Bonchev–Trinajstić information content (AvgIpc) is 2.81. The standard InChI is InChI=1S/C23H25F3N4O4/c1-15(2)20(27-21(31)16-6-4-3-5-7-16)22(32)29-12-10-28(11-13-29)18-9-8-17(23(24,25)26)14-19(18)30(33)34/h3-9,14-15,20H,10-13H2,1-2H3,(H,27,31)/t20-/m0/s1. The van der Waals surface area contributed by atoms with Gasteiger partial charge in [-0.25, -0.2) is 0 Å². The van der Waals surface area contributed by atoms with E-state index >= 15 is 0 Å². The van der Waals surface area contributed by atoms with Gasteiger partial charge < -0.3 is 15.1 Å². The molecule has 0 saturated carbocycles. The highest BCUT2D eigenvalue weighted by Crippen LogP contribution is 2.36. The summed E-state index contributed by atoms with van der Waals surface area (Å²) >= 11 is 0. The number of carbonyl (C=O) groups excluding carboxylic acids is 2. The molecule has 11 heteroatoms. The van der Waals surface area contributed by atoms with E-state index in [4.69, 9.17) is 0 Å². The van der Waals surface area contributed by atoms with E-state index in [1.807, 2.05) is 13.8 Å². The lowest BCUT2D eigenvalue weighted by molar-refractivity contribution is -0.384. The fourth-order valence-corrected chi connectivity index (χ4v) is 3.81. The lowest BCUT2D eigenvalue weighted by Crippen LogP contribution is -2.56. The molecule has 2 amide bonds. The van der Waals surface area contributed by atoms with Gasteiger partial charge in [0, 0.05) is 37.8 Å². The SMILES string of the molecule is CC(C)[C@H](NC(=O)c1ccccc1)C(=O)N1CCN(c2ccc(C(F)(F)F)cc2[N+](=O)[O-])CC1. The number of halogens is 3. The molecule has 1 aliphatic rings. The minimum atomic E-state index is -4.69. The van der Waals surface area contributed by atoms with Crippen molar-refractivity contribution in [2.75, 3.05) is 31.1 Å². The van der Waals surface area contributed by atoms with Gasteiger partial charge in [0.25, 0.3) is 11.6 Å². The number of benzene rings is 2. The van der Waals surface area contributed by atoms with Gasteiger partial charge in [-0.05, 0) is 30.2 Å². The summed E-state index contributed by atoms with van der Waals surface area (Å²) in [5.41, 5.74) is -1.22. The zero-order chi connectivity index (χ0) is 25.0. The largest absolute Gasteiger partial charge is 0.416 e. The van der Waals surface area contributed by atoms with Gasteiger partial charge in [-0.15, -0.1) is 0 Å². The fraction of sp³-hybridized carbons (Fsp3) is 0.391. The Morgan fingerprint density at radius 3 is 2.18 bits per heavy atom. The number of nitro groups is 1. The maximum atomic E-state index is 13.1. The third-order valence-electron chi connectivity index (χ3n) is 5.69. The van der Waals surface area contributed by atoms with Crippen LogP contribution in [0.4, 0.5) is 24.5 Å². The van der Waals surface area contributed by atoms with Crippen LogP contribution in [0.5, 0.6) is 0 Å². The van der Waals surface area contributed by atoms with Crippen molar-refractivity contribution in [1.29, 1.82) is 0 Å². The minimum Gasteiger partial charge on any atom is -0.362 e. The lowest BCUT2D eigenvalue weighted by Gasteiger charge is -2.38. The molecule has 1 fully saturated rings. The molecule has 3 rings (SSSR count). The van der Waals surface area contributed by atoms with E-state index in [1.54, 1.807) is 40.1 Å². The highest BCUT2D eigenvalue weighted by molar-refractivity contribution is 5.97. The predicted molar refractivity (Wildman–Crippen MR) is 119 cm³/mol. The molecule has 2 aromatic rings. The molecular formula is C23H25F3N4O4. The van der Waals surface area contributed by atoms with Crippen LogP contribution in [0.25, 0.3) is 0 Å². The first-order valence-electron chi connectivity index (χ1n) is 10.7. The molecule has 1 heterocycles. The molecule has 1 N–H and O–H groups in total. The van der Waals surface area contributed by atoms with E-state index in [1.165, 1.54) is 0 Å². The Kier molecular flexibility index (Phi) is 7.43. The molecule has 0 spiro atoms. The number of nitrogens with zero attached hydrogens (tertiary/aromatic N) is 3. The van der Waals surface area contributed by atoms with Crippen LogP contribution in [-0.4, -0.2) is 53.9 Å².